The van der Waals surface area contributed by atoms with Crippen LogP contribution < -0.4 is 0 Å². The summed E-state index contributed by atoms with van der Waals surface area (Å²) in [6, 6.07) is 5.54. The number of thiophene rings is 1. The van der Waals surface area contributed by atoms with Gasteiger partial charge in [-0.05, 0) is 19.1 Å². The Morgan fingerprint density at radius 3 is 2.92 bits per heavy atom. The third kappa shape index (κ3) is 1.07. The van der Waals surface area contributed by atoms with Gasteiger partial charge < -0.3 is 5.11 Å². The molecule has 0 bridgehead atoms. The fraction of sp³-hybridized carbons (Fsp3) is 0.100. The van der Waals surface area contributed by atoms with Gasteiger partial charge in [0.25, 0.3) is 0 Å². The molecule has 0 aliphatic carbocycles. The van der Waals surface area contributed by atoms with Crippen molar-refractivity contribution in [3.63, 3.8) is 0 Å². The number of rotatable bonds is 0. The maximum atomic E-state index is 9.42. The molecule has 3 heteroatoms. The van der Waals surface area contributed by atoms with Crippen LogP contribution >= 0.6 is 11.3 Å². The van der Waals surface area contributed by atoms with Gasteiger partial charge in [0.15, 0.2) is 0 Å². The second-order valence-corrected chi connectivity index (χ2v) is 3.73. The predicted octanol–water partition coefficient (Wildman–Crippen LogP) is 2.79. The van der Waals surface area contributed by atoms with Crippen LogP contribution in [0.15, 0.2) is 17.5 Å². The molecule has 0 saturated carbocycles. The van der Waals surface area contributed by atoms with Crippen LogP contribution in [0.4, 0.5) is 0 Å². The molecule has 0 saturated heterocycles. The average molecular weight is 189 g/mol. The molecule has 0 unspecified atom stereocenters. The topological polar surface area (TPSA) is 44.0 Å². The summed E-state index contributed by atoms with van der Waals surface area (Å²) in [4.78, 5) is 0. The Hall–Kier alpha value is -1.53. The molecule has 0 spiro atoms. The van der Waals surface area contributed by atoms with E-state index >= 15 is 0 Å². The third-order valence-electron chi connectivity index (χ3n) is 2.08. The normalized spacial score (nSPS) is 10.2. The highest BCUT2D eigenvalue weighted by atomic mass is 32.1. The second-order valence-electron chi connectivity index (χ2n) is 2.85. The van der Waals surface area contributed by atoms with E-state index in [1.54, 1.807) is 12.1 Å². The van der Waals surface area contributed by atoms with E-state index in [1.807, 2.05) is 12.3 Å². The minimum atomic E-state index is 0.291. The van der Waals surface area contributed by atoms with E-state index in [1.165, 1.54) is 11.3 Å². The Labute approximate surface area is 79.7 Å². The van der Waals surface area contributed by atoms with Gasteiger partial charge in [-0.15, -0.1) is 11.3 Å². The molecule has 2 aromatic rings. The number of aromatic hydroxyl groups is 1. The van der Waals surface area contributed by atoms with E-state index in [-0.39, 0.29) is 0 Å². The molecule has 1 aromatic carbocycles. The summed E-state index contributed by atoms with van der Waals surface area (Å²) >= 11 is 1.50. The van der Waals surface area contributed by atoms with Gasteiger partial charge in [-0.3, -0.25) is 0 Å². The van der Waals surface area contributed by atoms with Gasteiger partial charge in [0.05, 0.1) is 5.56 Å². The molecule has 0 fully saturated rings. The number of aryl methyl sites for hydroxylation is 1. The summed E-state index contributed by atoms with van der Waals surface area (Å²) in [7, 11) is 0. The smallest absolute Gasteiger partial charge is 0.119 e. The van der Waals surface area contributed by atoms with Crippen LogP contribution in [-0.4, -0.2) is 5.11 Å². The molecule has 13 heavy (non-hydrogen) atoms. The van der Waals surface area contributed by atoms with Crippen molar-refractivity contribution in [1.82, 2.24) is 0 Å². The lowest BCUT2D eigenvalue weighted by Crippen LogP contribution is -1.75. The maximum absolute atomic E-state index is 9.42. The summed E-state index contributed by atoms with van der Waals surface area (Å²) in [6.07, 6.45) is 0. The Morgan fingerprint density at radius 1 is 1.46 bits per heavy atom. The van der Waals surface area contributed by atoms with E-state index < -0.39 is 0 Å². The number of phenols is 1. The molecular weight excluding hydrogens is 182 g/mol. The molecule has 0 atom stereocenters. The van der Waals surface area contributed by atoms with Gasteiger partial charge >= 0.3 is 0 Å². The van der Waals surface area contributed by atoms with Crippen molar-refractivity contribution >= 4 is 21.4 Å². The van der Waals surface area contributed by atoms with E-state index in [9.17, 15) is 5.11 Å². The number of benzene rings is 1. The van der Waals surface area contributed by atoms with Crippen molar-refractivity contribution in [2.45, 2.75) is 6.92 Å². The van der Waals surface area contributed by atoms with E-state index in [0.717, 1.165) is 15.6 Å². The van der Waals surface area contributed by atoms with Crippen molar-refractivity contribution in [2.75, 3.05) is 0 Å². The molecular formula is C10H7NOS. The van der Waals surface area contributed by atoms with E-state index in [0.29, 0.717) is 11.3 Å². The maximum Gasteiger partial charge on any atom is 0.119 e. The molecule has 64 valence electrons. The summed E-state index contributed by atoms with van der Waals surface area (Å²) < 4.78 is 0.997. The van der Waals surface area contributed by atoms with Crippen LogP contribution in [0.25, 0.3) is 10.1 Å². The molecule has 1 N–H and O–H groups in total. The number of nitriles is 1. The quantitative estimate of drug-likeness (QED) is 0.692. The minimum Gasteiger partial charge on any atom is -0.508 e. The van der Waals surface area contributed by atoms with Gasteiger partial charge in [0.2, 0.25) is 0 Å². The summed E-state index contributed by atoms with van der Waals surface area (Å²) in [5.41, 5.74) is 1.53. The number of phenolic OH excluding ortho intramolecular Hbond substituents is 1. The predicted molar refractivity (Wildman–Crippen MR) is 52.9 cm³/mol. The molecule has 2 nitrogen and oxygen atoms in total. The number of fused-ring (bicyclic) bond motifs is 1. The second kappa shape index (κ2) is 2.75. The molecule has 1 aromatic heterocycles. The lowest BCUT2D eigenvalue weighted by molar-refractivity contribution is 0.472. The fourth-order valence-corrected chi connectivity index (χ4v) is 2.31. The van der Waals surface area contributed by atoms with Crippen molar-refractivity contribution in [2.24, 2.45) is 0 Å². The summed E-state index contributed by atoms with van der Waals surface area (Å²) in [5, 5.41) is 21.0. The zero-order valence-corrected chi connectivity index (χ0v) is 7.85. The van der Waals surface area contributed by atoms with Crippen LogP contribution in [0.5, 0.6) is 5.75 Å². The molecule has 0 amide bonds. The van der Waals surface area contributed by atoms with Crippen molar-refractivity contribution < 1.29 is 5.11 Å². The monoisotopic (exact) mass is 189 g/mol. The SMILES string of the molecule is Cc1c(O)ccc2c(C#N)csc12. The number of hydrogen-bond acceptors (Lipinski definition) is 3. The molecule has 0 aliphatic rings. The Balaban J connectivity index is 2.91. The minimum absolute atomic E-state index is 0.291. The first kappa shape index (κ1) is 8.09. The van der Waals surface area contributed by atoms with Gasteiger partial charge in [-0.1, -0.05) is 0 Å². The largest absolute Gasteiger partial charge is 0.508 e. The Bertz CT molecular complexity index is 507. The lowest BCUT2D eigenvalue weighted by atomic mass is 10.1. The van der Waals surface area contributed by atoms with E-state index in [2.05, 4.69) is 6.07 Å². The molecule has 0 radical (unpaired) electrons. The third-order valence-corrected chi connectivity index (χ3v) is 3.20. The highest BCUT2D eigenvalue weighted by molar-refractivity contribution is 7.17. The Morgan fingerprint density at radius 2 is 2.23 bits per heavy atom. The molecule has 0 aliphatic heterocycles. The summed E-state index contributed by atoms with van der Waals surface area (Å²) in [5.74, 6) is 0.291. The zero-order chi connectivity index (χ0) is 9.42. The van der Waals surface area contributed by atoms with Gasteiger partial charge in [-0.2, -0.15) is 5.26 Å². The van der Waals surface area contributed by atoms with Crippen LogP contribution in [0.1, 0.15) is 11.1 Å². The van der Waals surface area contributed by atoms with Crippen LogP contribution in [0.3, 0.4) is 0 Å². The first-order valence-corrected chi connectivity index (χ1v) is 4.72. The van der Waals surface area contributed by atoms with Crippen molar-refractivity contribution in [3.05, 3.63) is 28.6 Å². The number of nitrogens with zero attached hydrogens (tertiary/aromatic N) is 1. The van der Waals surface area contributed by atoms with Gasteiger partial charge in [0.1, 0.15) is 11.8 Å². The lowest BCUT2D eigenvalue weighted by Gasteiger charge is -1.98. The van der Waals surface area contributed by atoms with Gasteiger partial charge in [0, 0.05) is 21.0 Å². The summed E-state index contributed by atoms with van der Waals surface area (Å²) in [6.45, 7) is 1.86. The highest BCUT2D eigenvalue weighted by Gasteiger charge is 2.07. The van der Waals surface area contributed by atoms with Crippen LogP contribution in [0.2, 0.25) is 0 Å². The standard InChI is InChI=1S/C10H7NOS/c1-6-9(12)3-2-8-7(4-11)5-13-10(6)8/h2-3,5,12H,1H3. The highest BCUT2D eigenvalue weighted by Crippen LogP contribution is 2.32. The zero-order valence-electron chi connectivity index (χ0n) is 7.03. The van der Waals surface area contributed by atoms with Crippen molar-refractivity contribution in [3.8, 4) is 11.8 Å². The van der Waals surface area contributed by atoms with E-state index in [4.69, 9.17) is 5.26 Å². The van der Waals surface area contributed by atoms with Crippen LogP contribution in [-0.2, 0) is 0 Å². The van der Waals surface area contributed by atoms with Crippen LogP contribution in [0, 0.1) is 18.3 Å². The number of hydrogen-bond donors (Lipinski definition) is 1. The Kier molecular flexibility index (Phi) is 1.71. The fourth-order valence-electron chi connectivity index (χ4n) is 1.31. The van der Waals surface area contributed by atoms with Gasteiger partial charge in [-0.25, -0.2) is 0 Å². The first-order chi connectivity index (χ1) is 6.24. The molecule has 2 rings (SSSR count). The average Bonchev–Trinajstić information content (AvgIpc) is 2.55. The molecule has 1 heterocycles. The first-order valence-electron chi connectivity index (χ1n) is 3.84. The van der Waals surface area contributed by atoms with Crippen molar-refractivity contribution in [1.29, 1.82) is 5.26 Å².